The number of nitrogens with zero attached hydrogens (tertiary/aromatic N) is 1. The molecule has 0 aromatic heterocycles. The summed E-state index contributed by atoms with van der Waals surface area (Å²) in [7, 11) is 0. The van der Waals surface area contributed by atoms with Gasteiger partial charge in [0.25, 0.3) is 11.8 Å². The van der Waals surface area contributed by atoms with Gasteiger partial charge in [-0.25, -0.2) is 0 Å². The minimum Gasteiger partial charge on any atom is -0.351 e. The number of benzene rings is 1. The van der Waals surface area contributed by atoms with Gasteiger partial charge in [0.2, 0.25) is 0 Å². The minimum atomic E-state index is -0.220. The maximum absolute atomic E-state index is 12.3. The van der Waals surface area contributed by atoms with Crippen LogP contribution in [-0.2, 0) is 9.59 Å². The Morgan fingerprint density at radius 2 is 1.64 bits per heavy atom. The molecule has 22 heavy (non-hydrogen) atoms. The van der Waals surface area contributed by atoms with Gasteiger partial charge in [-0.3, -0.25) is 14.5 Å². The van der Waals surface area contributed by atoms with Gasteiger partial charge in [-0.2, -0.15) is 0 Å². The van der Waals surface area contributed by atoms with E-state index in [1.54, 1.807) is 0 Å². The van der Waals surface area contributed by atoms with Crippen LogP contribution in [-0.4, -0.2) is 23.3 Å². The second kappa shape index (κ2) is 8.37. The summed E-state index contributed by atoms with van der Waals surface area (Å²) in [5.41, 5.74) is 1.18. The summed E-state index contributed by atoms with van der Waals surface area (Å²) in [6.45, 7) is 2.70. The average Bonchev–Trinajstić information content (AvgIpc) is 2.79. The third kappa shape index (κ3) is 4.45. The van der Waals surface area contributed by atoms with E-state index < -0.39 is 0 Å². The highest BCUT2D eigenvalue weighted by Gasteiger charge is 2.30. The third-order valence-electron chi connectivity index (χ3n) is 3.80. The third-order valence-corrected chi connectivity index (χ3v) is 3.80. The Morgan fingerprint density at radius 3 is 2.36 bits per heavy atom. The summed E-state index contributed by atoms with van der Waals surface area (Å²) in [6, 6.07) is 9.42. The zero-order valence-electron chi connectivity index (χ0n) is 13.2. The van der Waals surface area contributed by atoms with Gasteiger partial charge in [0, 0.05) is 18.3 Å². The van der Waals surface area contributed by atoms with Crippen molar-refractivity contribution in [3.63, 3.8) is 0 Å². The van der Waals surface area contributed by atoms with Crippen LogP contribution in [0.3, 0.4) is 0 Å². The lowest BCUT2D eigenvalue weighted by Gasteiger charge is -2.15. The number of para-hydroxylation sites is 1. The fourth-order valence-electron chi connectivity index (χ4n) is 2.54. The smallest absolute Gasteiger partial charge is 0.277 e. The van der Waals surface area contributed by atoms with Crippen LogP contribution in [0.2, 0.25) is 0 Å². The number of hydrogen-bond acceptors (Lipinski definition) is 3. The van der Waals surface area contributed by atoms with Gasteiger partial charge in [0.1, 0.15) is 5.70 Å². The molecule has 1 heterocycles. The molecule has 1 aliphatic rings. The van der Waals surface area contributed by atoms with Crippen molar-refractivity contribution in [2.75, 3.05) is 11.9 Å². The maximum atomic E-state index is 12.3. The van der Waals surface area contributed by atoms with Crippen LogP contribution in [0.4, 0.5) is 5.69 Å². The lowest BCUT2D eigenvalue weighted by molar-refractivity contribution is -0.137. The Kier molecular flexibility index (Phi) is 6.19. The van der Waals surface area contributed by atoms with E-state index >= 15 is 0 Å². The molecule has 118 valence electrons. The summed E-state index contributed by atoms with van der Waals surface area (Å²) in [5, 5.41) is 3.02. The van der Waals surface area contributed by atoms with Crippen molar-refractivity contribution < 1.29 is 9.59 Å². The normalized spacial score (nSPS) is 14.4. The molecule has 1 aromatic carbocycles. The Bertz CT molecular complexity index is 537. The van der Waals surface area contributed by atoms with E-state index in [4.69, 9.17) is 0 Å². The Morgan fingerprint density at radius 1 is 0.955 bits per heavy atom. The zero-order valence-corrected chi connectivity index (χ0v) is 13.2. The van der Waals surface area contributed by atoms with E-state index in [0.717, 1.165) is 18.5 Å². The maximum Gasteiger partial charge on any atom is 0.277 e. The van der Waals surface area contributed by atoms with E-state index in [0.29, 0.717) is 12.2 Å². The molecule has 2 rings (SSSR count). The highest BCUT2D eigenvalue weighted by molar-refractivity contribution is 6.17. The van der Waals surface area contributed by atoms with Crippen LogP contribution < -0.4 is 5.32 Å². The van der Waals surface area contributed by atoms with Crippen molar-refractivity contribution in [1.29, 1.82) is 0 Å². The number of hydrogen-bond donors (Lipinski definition) is 1. The van der Waals surface area contributed by atoms with Crippen LogP contribution in [0.25, 0.3) is 0 Å². The number of carbonyl (C=O) groups excluding carboxylic acids is 2. The van der Waals surface area contributed by atoms with Crippen LogP contribution in [0.1, 0.15) is 45.4 Å². The van der Waals surface area contributed by atoms with E-state index in [1.165, 1.54) is 36.7 Å². The standard InChI is InChI=1S/C18H24N2O2/c1-2-3-4-5-6-10-13-20-17(21)14-16(18(20)22)19-15-11-8-7-9-12-15/h7-9,11-12,14,19H,2-6,10,13H2,1H3. The fraction of sp³-hybridized carbons (Fsp3) is 0.444. The molecule has 0 bridgehead atoms. The van der Waals surface area contributed by atoms with Crippen LogP contribution in [0, 0.1) is 0 Å². The van der Waals surface area contributed by atoms with Crippen molar-refractivity contribution in [1.82, 2.24) is 4.90 Å². The van der Waals surface area contributed by atoms with E-state index in [-0.39, 0.29) is 11.8 Å². The average molecular weight is 300 g/mol. The first kappa shape index (κ1) is 16.3. The van der Waals surface area contributed by atoms with E-state index in [2.05, 4.69) is 12.2 Å². The van der Waals surface area contributed by atoms with E-state index in [9.17, 15) is 9.59 Å². The Balaban J connectivity index is 1.79. The number of anilines is 1. The number of carbonyl (C=O) groups is 2. The lowest BCUT2D eigenvalue weighted by Crippen LogP contribution is -2.33. The molecule has 0 atom stereocenters. The molecule has 1 N–H and O–H groups in total. The Labute approximate surface area is 132 Å². The molecular formula is C18H24N2O2. The molecule has 0 fully saturated rings. The molecule has 1 aromatic rings. The molecular weight excluding hydrogens is 276 g/mol. The monoisotopic (exact) mass is 300 g/mol. The summed E-state index contributed by atoms with van der Waals surface area (Å²) < 4.78 is 0. The number of rotatable bonds is 9. The molecule has 0 saturated carbocycles. The Hall–Kier alpha value is -2.10. The second-order valence-electron chi connectivity index (χ2n) is 5.61. The first-order chi connectivity index (χ1) is 10.7. The predicted molar refractivity (Wildman–Crippen MR) is 88.2 cm³/mol. The summed E-state index contributed by atoms with van der Waals surface area (Å²) >= 11 is 0. The van der Waals surface area contributed by atoms with Crippen LogP contribution in [0.5, 0.6) is 0 Å². The molecule has 4 nitrogen and oxygen atoms in total. The highest BCUT2D eigenvalue weighted by Crippen LogP contribution is 2.17. The number of amides is 2. The van der Waals surface area contributed by atoms with Gasteiger partial charge in [0.05, 0.1) is 0 Å². The van der Waals surface area contributed by atoms with Gasteiger partial charge in [-0.15, -0.1) is 0 Å². The SMILES string of the molecule is CCCCCCCCN1C(=O)C=C(Nc2ccccc2)C1=O. The first-order valence-corrected chi connectivity index (χ1v) is 8.12. The quantitative estimate of drug-likeness (QED) is 0.558. The molecule has 0 saturated heterocycles. The van der Waals surface area contributed by atoms with Crippen molar-refractivity contribution in [3.8, 4) is 0 Å². The highest BCUT2D eigenvalue weighted by atomic mass is 16.2. The van der Waals surface area contributed by atoms with Gasteiger partial charge in [-0.05, 0) is 18.6 Å². The van der Waals surface area contributed by atoms with Gasteiger partial charge in [-0.1, -0.05) is 57.2 Å². The lowest BCUT2D eigenvalue weighted by atomic mass is 10.1. The molecule has 0 aliphatic carbocycles. The van der Waals surface area contributed by atoms with Crippen molar-refractivity contribution in [3.05, 3.63) is 42.1 Å². The molecule has 2 amide bonds. The van der Waals surface area contributed by atoms with Crippen molar-refractivity contribution in [2.24, 2.45) is 0 Å². The molecule has 0 radical (unpaired) electrons. The van der Waals surface area contributed by atoms with E-state index in [1.807, 2.05) is 30.3 Å². The van der Waals surface area contributed by atoms with Crippen molar-refractivity contribution >= 4 is 17.5 Å². The molecule has 0 unspecified atom stereocenters. The number of unbranched alkanes of at least 4 members (excludes halogenated alkanes) is 5. The predicted octanol–water partition coefficient (Wildman–Crippen LogP) is 3.71. The topological polar surface area (TPSA) is 49.4 Å². The summed E-state index contributed by atoms with van der Waals surface area (Å²) in [6.07, 6.45) is 8.23. The molecule has 0 spiro atoms. The van der Waals surface area contributed by atoms with Gasteiger partial charge >= 0.3 is 0 Å². The van der Waals surface area contributed by atoms with Gasteiger partial charge < -0.3 is 5.32 Å². The van der Waals surface area contributed by atoms with Crippen LogP contribution >= 0.6 is 0 Å². The molecule has 1 aliphatic heterocycles. The largest absolute Gasteiger partial charge is 0.351 e. The van der Waals surface area contributed by atoms with Gasteiger partial charge in [0.15, 0.2) is 0 Å². The van der Waals surface area contributed by atoms with Crippen molar-refractivity contribution in [2.45, 2.75) is 45.4 Å². The summed E-state index contributed by atoms with van der Waals surface area (Å²) in [5.74, 6) is -0.431. The first-order valence-electron chi connectivity index (χ1n) is 8.12. The minimum absolute atomic E-state index is 0.211. The zero-order chi connectivity index (χ0) is 15.8. The van der Waals surface area contributed by atoms with Crippen LogP contribution in [0.15, 0.2) is 42.1 Å². The summed E-state index contributed by atoms with van der Waals surface area (Å²) in [4.78, 5) is 25.5. The molecule has 4 heteroatoms. The second-order valence-corrected chi connectivity index (χ2v) is 5.61. The number of imide groups is 1. The fourth-order valence-corrected chi connectivity index (χ4v) is 2.54. The number of nitrogens with one attached hydrogen (secondary N) is 1.